The summed E-state index contributed by atoms with van der Waals surface area (Å²) in [7, 11) is 0. The van der Waals surface area contributed by atoms with E-state index in [2.05, 4.69) is 5.32 Å². The molecule has 0 radical (unpaired) electrons. The van der Waals surface area contributed by atoms with E-state index >= 15 is 0 Å². The number of nitrogens with one attached hydrogen (secondary N) is 1. The molecule has 5 heteroatoms. The van der Waals surface area contributed by atoms with Gasteiger partial charge in [-0.25, -0.2) is 4.79 Å². The summed E-state index contributed by atoms with van der Waals surface area (Å²) in [5.41, 5.74) is 2.11. The van der Waals surface area contributed by atoms with Crippen molar-refractivity contribution in [2.75, 3.05) is 0 Å². The molecule has 5 nitrogen and oxygen atoms in total. The molecule has 0 bridgehead atoms. The minimum Gasteiger partial charge on any atom is -0.480 e. The third-order valence-corrected chi connectivity index (χ3v) is 2.98. The summed E-state index contributed by atoms with van der Waals surface area (Å²) in [5.74, 6) is -1.39. The van der Waals surface area contributed by atoms with Gasteiger partial charge < -0.3 is 15.0 Å². The number of aryl methyl sites for hydroxylation is 1. The van der Waals surface area contributed by atoms with Crippen molar-refractivity contribution in [2.24, 2.45) is 0 Å². The number of aromatic nitrogens is 1. The molecule has 2 N–H and O–H groups in total. The Labute approximate surface area is 110 Å². The summed E-state index contributed by atoms with van der Waals surface area (Å²) in [5, 5.41) is 12.6. The van der Waals surface area contributed by atoms with Crippen molar-refractivity contribution in [3.8, 4) is 0 Å². The molecule has 1 aromatic carbocycles. The standard InChI is InChI=1S/C14H16N2O3/c1-9-3-4-13-11(7-9)5-6-16(13)8-12(14(18)19)15-10(2)17/h3-7,12H,8H2,1-2H3,(H,15,17)(H,18,19). The van der Waals surface area contributed by atoms with E-state index in [1.165, 1.54) is 6.92 Å². The topological polar surface area (TPSA) is 71.3 Å². The number of hydrogen-bond donors (Lipinski definition) is 2. The number of aliphatic carboxylic acids is 1. The first-order valence-electron chi connectivity index (χ1n) is 6.03. The molecule has 0 aliphatic rings. The van der Waals surface area contributed by atoms with Crippen molar-refractivity contribution in [3.05, 3.63) is 36.0 Å². The zero-order valence-electron chi connectivity index (χ0n) is 10.9. The summed E-state index contributed by atoms with van der Waals surface area (Å²) in [6, 6.07) is 6.99. The minimum atomic E-state index is -1.04. The van der Waals surface area contributed by atoms with Crippen LogP contribution in [0.4, 0.5) is 0 Å². The van der Waals surface area contributed by atoms with Crippen LogP contribution in [0.2, 0.25) is 0 Å². The Balaban J connectivity index is 2.28. The lowest BCUT2D eigenvalue weighted by molar-refractivity contribution is -0.141. The number of carboxylic acid groups (broad SMARTS) is 1. The molecule has 19 heavy (non-hydrogen) atoms. The van der Waals surface area contributed by atoms with Crippen LogP contribution in [0.5, 0.6) is 0 Å². The maximum Gasteiger partial charge on any atom is 0.328 e. The monoisotopic (exact) mass is 260 g/mol. The van der Waals surface area contributed by atoms with Crippen LogP contribution in [0.1, 0.15) is 12.5 Å². The maximum atomic E-state index is 11.1. The predicted molar refractivity (Wildman–Crippen MR) is 71.9 cm³/mol. The normalized spacial score (nSPS) is 12.3. The van der Waals surface area contributed by atoms with Crippen LogP contribution in [0.25, 0.3) is 10.9 Å². The zero-order valence-corrected chi connectivity index (χ0v) is 10.9. The fraction of sp³-hybridized carbons (Fsp3) is 0.286. The van der Waals surface area contributed by atoms with Crippen LogP contribution in [0, 0.1) is 6.92 Å². The maximum absolute atomic E-state index is 11.1. The second kappa shape index (κ2) is 5.14. The SMILES string of the molecule is CC(=O)NC(Cn1ccc2cc(C)ccc21)C(=O)O. The van der Waals surface area contributed by atoms with Gasteiger partial charge in [0.2, 0.25) is 5.91 Å². The molecule has 0 saturated heterocycles. The molecule has 2 aromatic rings. The first-order valence-corrected chi connectivity index (χ1v) is 6.03. The van der Waals surface area contributed by atoms with Crippen molar-refractivity contribution in [1.82, 2.24) is 9.88 Å². The van der Waals surface area contributed by atoms with Crippen molar-refractivity contribution >= 4 is 22.8 Å². The summed E-state index contributed by atoms with van der Waals surface area (Å²) in [6.07, 6.45) is 1.84. The van der Waals surface area contributed by atoms with Gasteiger partial charge in [-0.1, -0.05) is 11.6 Å². The molecule has 1 atom stereocenters. The van der Waals surface area contributed by atoms with E-state index in [4.69, 9.17) is 5.11 Å². The molecule has 1 aromatic heterocycles. The molecule has 0 fully saturated rings. The molecule has 1 unspecified atom stereocenters. The molecular formula is C14H16N2O3. The van der Waals surface area contributed by atoms with Crippen LogP contribution >= 0.6 is 0 Å². The zero-order chi connectivity index (χ0) is 14.0. The molecule has 0 saturated carbocycles. The van der Waals surface area contributed by atoms with Gasteiger partial charge in [-0.2, -0.15) is 0 Å². The molecule has 0 aliphatic carbocycles. The van der Waals surface area contributed by atoms with Gasteiger partial charge in [0.05, 0.1) is 6.54 Å². The van der Waals surface area contributed by atoms with Gasteiger partial charge in [0.15, 0.2) is 0 Å². The first-order chi connectivity index (χ1) is 8.97. The lowest BCUT2D eigenvalue weighted by Crippen LogP contribution is -2.42. The molecule has 0 aliphatic heterocycles. The molecule has 1 amide bonds. The predicted octanol–water partition coefficient (Wildman–Crippen LogP) is 1.54. The van der Waals surface area contributed by atoms with Gasteiger partial charge in [-0.3, -0.25) is 4.79 Å². The minimum absolute atomic E-state index is 0.210. The van der Waals surface area contributed by atoms with Gasteiger partial charge >= 0.3 is 5.97 Å². The van der Waals surface area contributed by atoms with Crippen LogP contribution < -0.4 is 5.32 Å². The second-order valence-electron chi connectivity index (χ2n) is 4.62. The van der Waals surface area contributed by atoms with Gasteiger partial charge in [-0.15, -0.1) is 0 Å². The highest BCUT2D eigenvalue weighted by Gasteiger charge is 2.19. The van der Waals surface area contributed by atoms with E-state index in [0.717, 1.165) is 16.5 Å². The third-order valence-electron chi connectivity index (χ3n) is 2.98. The highest BCUT2D eigenvalue weighted by molar-refractivity contribution is 5.83. The number of carbonyl (C=O) groups is 2. The van der Waals surface area contributed by atoms with Crippen LogP contribution in [0.15, 0.2) is 30.5 Å². The summed E-state index contributed by atoms with van der Waals surface area (Å²) < 4.78 is 1.84. The average molecular weight is 260 g/mol. The Morgan fingerprint density at radius 3 is 2.74 bits per heavy atom. The lowest BCUT2D eigenvalue weighted by Gasteiger charge is -2.15. The lowest BCUT2D eigenvalue weighted by atomic mass is 10.2. The van der Waals surface area contributed by atoms with Crippen LogP contribution in [-0.2, 0) is 16.1 Å². The molecular weight excluding hydrogens is 244 g/mol. The Hall–Kier alpha value is -2.30. The number of hydrogen-bond acceptors (Lipinski definition) is 2. The second-order valence-corrected chi connectivity index (χ2v) is 4.62. The molecule has 1 heterocycles. The Kier molecular flexibility index (Phi) is 3.55. The van der Waals surface area contributed by atoms with Gasteiger partial charge in [0, 0.05) is 18.6 Å². The highest BCUT2D eigenvalue weighted by Crippen LogP contribution is 2.17. The first kappa shape index (κ1) is 13.1. The average Bonchev–Trinajstić information content (AvgIpc) is 2.70. The summed E-state index contributed by atoms with van der Waals surface area (Å²) in [4.78, 5) is 22.1. The fourth-order valence-corrected chi connectivity index (χ4v) is 2.11. The quantitative estimate of drug-likeness (QED) is 0.876. The fourth-order valence-electron chi connectivity index (χ4n) is 2.11. The van der Waals surface area contributed by atoms with E-state index < -0.39 is 12.0 Å². The van der Waals surface area contributed by atoms with Crippen molar-refractivity contribution in [1.29, 1.82) is 0 Å². The number of amides is 1. The Morgan fingerprint density at radius 1 is 1.37 bits per heavy atom. The molecule has 100 valence electrons. The van der Waals surface area contributed by atoms with E-state index in [9.17, 15) is 9.59 Å². The van der Waals surface area contributed by atoms with E-state index in [0.29, 0.717) is 0 Å². The number of carbonyl (C=O) groups excluding carboxylic acids is 1. The molecule has 2 rings (SSSR count). The third kappa shape index (κ3) is 2.93. The number of rotatable bonds is 4. The number of carboxylic acids is 1. The van der Waals surface area contributed by atoms with Gasteiger partial charge in [-0.05, 0) is 30.5 Å². The van der Waals surface area contributed by atoms with Crippen LogP contribution in [0.3, 0.4) is 0 Å². The summed E-state index contributed by atoms with van der Waals surface area (Å²) >= 11 is 0. The Bertz CT molecular complexity index is 631. The highest BCUT2D eigenvalue weighted by atomic mass is 16.4. The number of nitrogens with zero attached hydrogens (tertiary/aromatic N) is 1. The summed E-state index contributed by atoms with van der Waals surface area (Å²) in [6.45, 7) is 3.53. The molecule has 0 spiro atoms. The van der Waals surface area contributed by atoms with Crippen molar-refractivity contribution < 1.29 is 14.7 Å². The van der Waals surface area contributed by atoms with Crippen molar-refractivity contribution in [2.45, 2.75) is 26.4 Å². The van der Waals surface area contributed by atoms with Gasteiger partial charge in [0.25, 0.3) is 0 Å². The number of benzene rings is 1. The van der Waals surface area contributed by atoms with Crippen LogP contribution in [-0.4, -0.2) is 27.6 Å². The largest absolute Gasteiger partial charge is 0.480 e. The van der Waals surface area contributed by atoms with Crippen molar-refractivity contribution in [3.63, 3.8) is 0 Å². The smallest absolute Gasteiger partial charge is 0.328 e. The van der Waals surface area contributed by atoms with E-state index in [-0.39, 0.29) is 12.5 Å². The van der Waals surface area contributed by atoms with E-state index in [1.54, 1.807) is 0 Å². The number of fused-ring (bicyclic) bond motifs is 1. The van der Waals surface area contributed by atoms with Gasteiger partial charge in [0.1, 0.15) is 6.04 Å². The van der Waals surface area contributed by atoms with E-state index in [1.807, 2.05) is 42.0 Å². The Morgan fingerprint density at radius 2 is 2.11 bits per heavy atom.